The fraction of sp³-hybridized carbons (Fsp3) is 0.316. The number of rotatable bonds is 6. The van der Waals surface area contributed by atoms with E-state index in [2.05, 4.69) is 10.0 Å². The lowest BCUT2D eigenvalue weighted by Crippen LogP contribution is -2.33. The van der Waals surface area contributed by atoms with Crippen molar-refractivity contribution >= 4 is 33.2 Å². The Morgan fingerprint density at radius 3 is 2.42 bits per heavy atom. The summed E-state index contributed by atoms with van der Waals surface area (Å²) < 4.78 is 27.0. The van der Waals surface area contributed by atoms with Gasteiger partial charge in [-0.3, -0.25) is 4.79 Å². The van der Waals surface area contributed by atoms with Crippen LogP contribution in [-0.2, 0) is 14.8 Å². The van der Waals surface area contributed by atoms with Gasteiger partial charge in [0, 0.05) is 10.7 Å². The molecule has 0 heterocycles. The molecule has 0 bridgehead atoms. The summed E-state index contributed by atoms with van der Waals surface area (Å²) in [4.78, 5) is 12.4. The highest BCUT2D eigenvalue weighted by Gasteiger charge is 2.18. The lowest BCUT2D eigenvalue weighted by Gasteiger charge is -2.16. The van der Waals surface area contributed by atoms with Crippen LogP contribution in [0.1, 0.15) is 36.5 Å². The molecule has 0 aliphatic carbocycles. The number of benzene rings is 2. The molecule has 7 heteroatoms. The van der Waals surface area contributed by atoms with E-state index in [-0.39, 0.29) is 17.4 Å². The third kappa shape index (κ3) is 4.84. The van der Waals surface area contributed by atoms with E-state index < -0.39 is 15.9 Å². The SMILES string of the molecule is Cc1cc(S(=O)(=O)NCC(=O)Nc2c(C)cccc2C(C)C)ccc1Cl. The zero-order valence-corrected chi connectivity index (χ0v) is 16.8. The molecule has 0 aliphatic heterocycles. The highest BCUT2D eigenvalue weighted by molar-refractivity contribution is 7.89. The molecular weight excluding hydrogens is 372 g/mol. The molecule has 0 spiro atoms. The van der Waals surface area contributed by atoms with Gasteiger partial charge in [0.15, 0.2) is 0 Å². The van der Waals surface area contributed by atoms with Crippen molar-refractivity contribution < 1.29 is 13.2 Å². The van der Waals surface area contributed by atoms with Crippen molar-refractivity contribution in [3.05, 3.63) is 58.1 Å². The van der Waals surface area contributed by atoms with Gasteiger partial charge in [-0.05, 0) is 54.7 Å². The maximum absolute atomic E-state index is 12.4. The summed E-state index contributed by atoms with van der Waals surface area (Å²) in [5.74, 6) is -0.186. The number of carbonyl (C=O) groups is 1. The molecule has 2 N–H and O–H groups in total. The van der Waals surface area contributed by atoms with Crippen LogP contribution < -0.4 is 10.0 Å². The normalized spacial score (nSPS) is 11.6. The Morgan fingerprint density at radius 1 is 1.12 bits per heavy atom. The number of carbonyl (C=O) groups excluding carboxylic acids is 1. The molecule has 0 aliphatic rings. The maximum atomic E-state index is 12.4. The van der Waals surface area contributed by atoms with Gasteiger partial charge in [-0.15, -0.1) is 0 Å². The predicted octanol–water partition coefficient (Wildman–Crippen LogP) is 4.00. The molecule has 0 saturated heterocycles. The Balaban J connectivity index is 2.11. The van der Waals surface area contributed by atoms with Crippen molar-refractivity contribution in [2.24, 2.45) is 0 Å². The Kier molecular flexibility index (Phi) is 6.44. The van der Waals surface area contributed by atoms with Crippen LogP contribution in [0.25, 0.3) is 0 Å². The first-order chi connectivity index (χ1) is 12.1. The van der Waals surface area contributed by atoms with Gasteiger partial charge in [0.25, 0.3) is 0 Å². The van der Waals surface area contributed by atoms with Crippen LogP contribution in [0.3, 0.4) is 0 Å². The zero-order chi connectivity index (χ0) is 19.5. The molecule has 0 fully saturated rings. The smallest absolute Gasteiger partial charge is 0.241 e. The van der Waals surface area contributed by atoms with E-state index in [9.17, 15) is 13.2 Å². The van der Waals surface area contributed by atoms with Crippen LogP contribution in [-0.4, -0.2) is 20.9 Å². The number of halogens is 1. The van der Waals surface area contributed by atoms with Crippen LogP contribution in [0.15, 0.2) is 41.3 Å². The number of aryl methyl sites for hydroxylation is 2. The van der Waals surface area contributed by atoms with E-state index in [0.717, 1.165) is 16.8 Å². The first-order valence-electron chi connectivity index (χ1n) is 8.27. The maximum Gasteiger partial charge on any atom is 0.241 e. The van der Waals surface area contributed by atoms with Gasteiger partial charge in [-0.2, -0.15) is 0 Å². The molecule has 2 aromatic carbocycles. The van der Waals surface area contributed by atoms with Crippen LogP contribution in [0, 0.1) is 13.8 Å². The van der Waals surface area contributed by atoms with Crippen LogP contribution in [0.4, 0.5) is 5.69 Å². The molecule has 5 nitrogen and oxygen atoms in total. The number of nitrogens with one attached hydrogen (secondary N) is 2. The average Bonchev–Trinajstić information content (AvgIpc) is 2.57. The summed E-state index contributed by atoms with van der Waals surface area (Å²) in [5.41, 5.74) is 3.32. The second-order valence-electron chi connectivity index (χ2n) is 6.48. The summed E-state index contributed by atoms with van der Waals surface area (Å²) in [7, 11) is -3.79. The lowest BCUT2D eigenvalue weighted by molar-refractivity contribution is -0.115. The molecule has 2 rings (SSSR count). The molecule has 0 unspecified atom stereocenters. The van der Waals surface area contributed by atoms with Crippen LogP contribution in [0.2, 0.25) is 5.02 Å². The summed E-state index contributed by atoms with van der Waals surface area (Å²) in [6.45, 7) is 7.35. The van der Waals surface area contributed by atoms with Crippen LogP contribution >= 0.6 is 11.6 Å². The first kappa shape index (κ1) is 20.4. The van der Waals surface area contributed by atoms with E-state index in [0.29, 0.717) is 10.6 Å². The second kappa shape index (κ2) is 8.20. The Labute approximate surface area is 159 Å². The van der Waals surface area contributed by atoms with E-state index in [1.54, 1.807) is 6.92 Å². The molecule has 0 saturated carbocycles. The number of amides is 1. The number of anilines is 1. The largest absolute Gasteiger partial charge is 0.324 e. The topological polar surface area (TPSA) is 75.3 Å². The van der Waals surface area contributed by atoms with Crippen LogP contribution in [0.5, 0.6) is 0 Å². The first-order valence-corrected chi connectivity index (χ1v) is 10.1. The lowest BCUT2D eigenvalue weighted by atomic mass is 9.98. The molecular formula is C19H23ClN2O3S. The van der Waals surface area contributed by atoms with Gasteiger partial charge in [0.05, 0.1) is 11.4 Å². The minimum Gasteiger partial charge on any atom is -0.324 e. The van der Waals surface area contributed by atoms with Crippen molar-refractivity contribution in [3.8, 4) is 0 Å². The minimum absolute atomic E-state index is 0.0750. The molecule has 140 valence electrons. The highest BCUT2D eigenvalue weighted by atomic mass is 35.5. The van der Waals surface area contributed by atoms with Gasteiger partial charge in [0.2, 0.25) is 15.9 Å². The Hall–Kier alpha value is -1.89. The van der Waals surface area contributed by atoms with Gasteiger partial charge >= 0.3 is 0 Å². The zero-order valence-electron chi connectivity index (χ0n) is 15.3. The summed E-state index contributed by atoms with van der Waals surface area (Å²) in [6.07, 6.45) is 0. The average molecular weight is 395 g/mol. The Morgan fingerprint density at radius 2 is 1.81 bits per heavy atom. The van der Waals surface area contributed by atoms with Crippen molar-refractivity contribution in [1.82, 2.24) is 4.72 Å². The fourth-order valence-electron chi connectivity index (χ4n) is 2.55. The quantitative estimate of drug-likeness (QED) is 0.777. The van der Waals surface area contributed by atoms with E-state index in [4.69, 9.17) is 11.6 Å². The van der Waals surface area contributed by atoms with Crippen molar-refractivity contribution in [2.45, 2.75) is 38.5 Å². The Bertz CT molecular complexity index is 924. The molecule has 2 aromatic rings. The van der Waals surface area contributed by atoms with Gasteiger partial charge < -0.3 is 5.32 Å². The summed E-state index contributed by atoms with van der Waals surface area (Å²) in [6, 6.07) is 10.2. The fourth-order valence-corrected chi connectivity index (χ4v) is 3.74. The third-order valence-electron chi connectivity index (χ3n) is 4.05. The number of hydrogen-bond acceptors (Lipinski definition) is 3. The van der Waals surface area contributed by atoms with Crippen molar-refractivity contribution in [1.29, 1.82) is 0 Å². The highest BCUT2D eigenvalue weighted by Crippen LogP contribution is 2.27. The van der Waals surface area contributed by atoms with Crippen molar-refractivity contribution in [3.63, 3.8) is 0 Å². The molecule has 0 atom stereocenters. The monoisotopic (exact) mass is 394 g/mol. The van der Waals surface area contributed by atoms with Gasteiger partial charge in [-0.1, -0.05) is 43.6 Å². The molecule has 0 aromatic heterocycles. The molecule has 26 heavy (non-hydrogen) atoms. The third-order valence-corrected chi connectivity index (χ3v) is 5.88. The standard InChI is InChI=1S/C19H23ClN2O3S/c1-12(2)16-7-5-6-13(3)19(16)22-18(23)11-21-26(24,25)15-8-9-17(20)14(4)10-15/h5-10,12,21H,11H2,1-4H3,(H,22,23). The number of para-hydroxylation sites is 1. The van der Waals surface area contributed by atoms with Gasteiger partial charge in [0.1, 0.15) is 0 Å². The van der Waals surface area contributed by atoms with E-state index in [1.807, 2.05) is 39.0 Å². The predicted molar refractivity (Wildman–Crippen MR) is 105 cm³/mol. The number of hydrogen-bond donors (Lipinski definition) is 2. The molecule has 1 amide bonds. The van der Waals surface area contributed by atoms with E-state index in [1.165, 1.54) is 18.2 Å². The second-order valence-corrected chi connectivity index (χ2v) is 8.65. The van der Waals surface area contributed by atoms with E-state index >= 15 is 0 Å². The van der Waals surface area contributed by atoms with Crippen molar-refractivity contribution in [2.75, 3.05) is 11.9 Å². The number of sulfonamides is 1. The van der Waals surface area contributed by atoms with Gasteiger partial charge in [-0.25, -0.2) is 13.1 Å². The molecule has 0 radical (unpaired) electrons. The summed E-state index contributed by atoms with van der Waals surface area (Å²) in [5, 5.41) is 3.31. The minimum atomic E-state index is -3.79. The summed E-state index contributed by atoms with van der Waals surface area (Å²) >= 11 is 5.92.